The molecule has 0 aromatic heterocycles. The summed E-state index contributed by atoms with van der Waals surface area (Å²) in [7, 11) is -1.59. The summed E-state index contributed by atoms with van der Waals surface area (Å²) in [5.74, 6) is -1.46. The van der Waals surface area contributed by atoms with Gasteiger partial charge in [0.1, 0.15) is 0 Å². The van der Waals surface area contributed by atoms with Gasteiger partial charge in [-0.1, -0.05) is 13.8 Å². The van der Waals surface area contributed by atoms with Crippen LogP contribution in [0.15, 0.2) is 0 Å². The minimum absolute atomic E-state index is 0.499. The van der Waals surface area contributed by atoms with Gasteiger partial charge < -0.3 is 15.1 Å². The van der Waals surface area contributed by atoms with Crippen molar-refractivity contribution < 1.29 is 15.1 Å². The summed E-state index contributed by atoms with van der Waals surface area (Å²) in [5, 5.41) is 18.1. The molecule has 0 saturated heterocycles. The van der Waals surface area contributed by atoms with E-state index in [1.54, 1.807) is 13.8 Å². The second kappa shape index (κ2) is 5.03. The van der Waals surface area contributed by atoms with E-state index in [1.165, 1.54) is 0 Å². The van der Waals surface area contributed by atoms with Crippen LogP contribution in [-0.2, 0) is 0 Å². The molecular formula is C6H15O3P. The molecule has 3 N–H and O–H groups in total. The molecule has 0 aromatic rings. The first-order valence-electron chi connectivity index (χ1n) is 3.46. The zero-order chi connectivity index (χ0) is 8.15. The van der Waals surface area contributed by atoms with Gasteiger partial charge in [-0.05, 0) is 12.8 Å². The van der Waals surface area contributed by atoms with Crippen LogP contribution in [0.3, 0.4) is 0 Å². The van der Waals surface area contributed by atoms with Crippen molar-refractivity contribution in [2.75, 3.05) is 0 Å². The zero-order valence-corrected chi connectivity index (χ0v) is 7.25. The van der Waals surface area contributed by atoms with Gasteiger partial charge in [0.2, 0.25) is 0 Å². The third-order valence-electron chi connectivity index (χ3n) is 1.34. The normalized spacial score (nSPS) is 20.1. The highest BCUT2D eigenvalue weighted by Crippen LogP contribution is 2.41. The number of hydrogen-bond donors (Lipinski definition) is 3. The second-order valence-corrected chi connectivity index (χ2v) is 4.11. The van der Waals surface area contributed by atoms with Gasteiger partial charge in [0, 0.05) is 0 Å². The Bertz CT molecular complexity index is 79.1. The summed E-state index contributed by atoms with van der Waals surface area (Å²) < 4.78 is 0. The van der Waals surface area contributed by atoms with E-state index in [0.29, 0.717) is 12.8 Å². The molecule has 0 aliphatic heterocycles. The molecule has 0 rings (SSSR count). The fraction of sp³-hybridized carbons (Fsp3) is 1.00. The van der Waals surface area contributed by atoms with Gasteiger partial charge in [-0.2, -0.15) is 0 Å². The molecule has 0 aliphatic carbocycles. The first-order chi connectivity index (χ1) is 4.63. The van der Waals surface area contributed by atoms with Gasteiger partial charge >= 0.3 is 0 Å². The summed E-state index contributed by atoms with van der Waals surface area (Å²) in [4.78, 5) is 9.15. The summed E-state index contributed by atoms with van der Waals surface area (Å²) in [6, 6.07) is 0. The van der Waals surface area contributed by atoms with E-state index in [2.05, 4.69) is 0 Å². The molecule has 0 saturated carbocycles. The molecule has 62 valence electrons. The quantitative estimate of drug-likeness (QED) is 0.542. The number of rotatable bonds is 4. The van der Waals surface area contributed by atoms with E-state index in [0.717, 1.165) is 0 Å². The molecule has 0 aromatic carbocycles. The Labute approximate surface area is 62.5 Å². The molecule has 3 nitrogen and oxygen atoms in total. The largest absolute Gasteiger partial charge is 0.386 e. The lowest BCUT2D eigenvalue weighted by Crippen LogP contribution is -2.12. The Morgan fingerprint density at radius 2 is 1.40 bits per heavy atom. The van der Waals surface area contributed by atoms with Crippen molar-refractivity contribution in [3.8, 4) is 0 Å². The van der Waals surface area contributed by atoms with Crippen LogP contribution in [0.1, 0.15) is 26.7 Å². The molecule has 0 amide bonds. The lowest BCUT2D eigenvalue weighted by molar-refractivity contribution is 0.201. The summed E-state index contributed by atoms with van der Waals surface area (Å²) in [5.41, 5.74) is 0. The topological polar surface area (TPSA) is 60.7 Å². The van der Waals surface area contributed by atoms with Gasteiger partial charge in [0.05, 0.1) is 19.8 Å². The maximum absolute atomic E-state index is 9.15. The van der Waals surface area contributed by atoms with Crippen LogP contribution in [0.2, 0.25) is 0 Å². The summed E-state index contributed by atoms with van der Waals surface area (Å²) >= 11 is 0. The highest BCUT2D eigenvalue weighted by molar-refractivity contribution is 7.52. The lowest BCUT2D eigenvalue weighted by Gasteiger charge is -2.19. The highest BCUT2D eigenvalue weighted by Gasteiger charge is 2.21. The zero-order valence-electron chi connectivity index (χ0n) is 6.36. The Morgan fingerprint density at radius 3 is 1.60 bits per heavy atom. The standard InChI is InChI=1S/C6H15O3P/c1-3-5(7)10(9)6(8)4-2/h5-9H,3-4H2,1-2H3. The third kappa shape index (κ3) is 2.93. The van der Waals surface area contributed by atoms with Crippen LogP contribution < -0.4 is 0 Å². The van der Waals surface area contributed by atoms with E-state index in [1.807, 2.05) is 0 Å². The third-order valence-corrected chi connectivity index (χ3v) is 3.29. The average Bonchev–Trinajstić information content (AvgIpc) is 2.00. The summed E-state index contributed by atoms with van der Waals surface area (Å²) in [6.07, 6.45) is 0.999. The van der Waals surface area contributed by atoms with Crippen molar-refractivity contribution in [2.24, 2.45) is 0 Å². The molecule has 0 spiro atoms. The van der Waals surface area contributed by atoms with Crippen LogP contribution >= 0.6 is 8.15 Å². The molecular weight excluding hydrogens is 151 g/mol. The van der Waals surface area contributed by atoms with Crippen LogP contribution in [0, 0.1) is 0 Å². The van der Waals surface area contributed by atoms with E-state index in [9.17, 15) is 0 Å². The highest BCUT2D eigenvalue weighted by atomic mass is 31.1. The van der Waals surface area contributed by atoms with Gasteiger partial charge in [-0.15, -0.1) is 0 Å². The number of aliphatic hydroxyl groups excluding tert-OH is 2. The molecule has 4 heteroatoms. The van der Waals surface area contributed by atoms with Crippen LogP contribution in [0.4, 0.5) is 0 Å². The van der Waals surface area contributed by atoms with Crippen molar-refractivity contribution in [3.05, 3.63) is 0 Å². The maximum atomic E-state index is 9.15. The van der Waals surface area contributed by atoms with Gasteiger partial charge in [-0.3, -0.25) is 0 Å². The Morgan fingerprint density at radius 1 is 1.10 bits per heavy atom. The van der Waals surface area contributed by atoms with E-state index >= 15 is 0 Å². The number of aliphatic hydroxyl groups is 2. The van der Waals surface area contributed by atoms with E-state index < -0.39 is 19.8 Å². The van der Waals surface area contributed by atoms with E-state index in [-0.39, 0.29) is 0 Å². The van der Waals surface area contributed by atoms with Gasteiger partial charge in [0.25, 0.3) is 0 Å². The smallest absolute Gasteiger partial charge is 0.0996 e. The minimum atomic E-state index is -1.59. The first-order valence-corrected chi connectivity index (χ1v) is 4.90. The molecule has 0 fully saturated rings. The van der Waals surface area contributed by atoms with Crippen molar-refractivity contribution in [2.45, 2.75) is 38.4 Å². The molecule has 0 radical (unpaired) electrons. The lowest BCUT2D eigenvalue weighted by atomic mass is 10.5. The molecule has 0 heterocycles. The van der Waals surface area contributed by atoms with Crippen LogP contribution in [-0.4, -0.2) is 26.8 Å². The van der Waals surface area contributed by atoms with E-state index in [4.69, 9.17) is 15.1 Å². The Balaban J connectivity index is 3.69. The SMILES string of the molecule is CCC(O)P(O)C(O)CC. The fourth-order valence-corrected chi connectivity index (χ4v) is 1.72. The van der Waals surface area contributed by atoms with Crippen molar-refractivity contribution in [1.82, 2.24) is 0 Å². The van der Waals surface area contributed by atoms with Gasteiger partial charge in [-0.25, -0.2) is 0 Å². The number of hydrogen-bond acceptors (Lipinski definition) is 3. The van der Waals surface area contributed by atoms with Crippen molar-refractivity contribution in [1.29, 1.82) is 0 Å². The molecule has 0 aliphatic rings. The monoisotopic (exact) mass is 166 g/mol. The predicted molar refractivity (Wildman–Crippen MR) is 41.7 cm³/mol. The fourth-order valence-electron chi connectivity index (χ4n) is 0.573. The summed E-state index contributed by atoms with van der Waals surface area (Å²) in [6.45, 7) is 3.55. The molecule has 10 heavy (non-hydrogen) atoms. The Hall–Kier alpha value is 0.310. The molecule has 2 atom stereocenters. The molecule has 0 bridgehead atoms. The first kappa shape index (κ1) is 10.3. The Kier molecular flexibility index (Phi) is 5.18. The predicted octanol–water partition coefficient (Wildman–Crippen LogP) is 0.832. The van der Waals surface area contributed by atoms with Gasteiger partial charge in [0.15, 0.2) is 0 Å². The van der Waals surface area contributed by atoms with Crippen LogP contribution in [0.5, 0.6) is 0 Å². The van der Waals surface area contributed by atoms with Crippen LogP contribution in [0.25, 0.3) is 0 Å². The molecule has 2 unspecified atom stereocenters. The van der Waals surface area contributed by atoms with Crippen molar-refractivity contribution in [3.63, 3.8) is 0 Å². The van der Waals surface area contributed by atoms with Crippen molar-refractivity contribution >= 4 is 8.15 Å². The average molecular weight is 166 g/mol. The second-order valence-electron chi connectivity index (χ2n) is 2.16. The maximum Gasteiger partial charge on any atom is 0.0996 e. The minimum Gasteiger partial charge on any atom is -0.386 e.